The van der Waals surface area contributed by atoms with Gasteiger partial charge in [0, 0.05) is 55.3 Å². The fourth-order valence-electron chi connectivity index (χ4n) is 5.22. The summed E-state index contributed by atoms with van der Waals surface area (Å²) < 4.78 is 13.1. The van der Waals surface area contributed by atoms with Crippen LogP contribution < -0.4 is 20.3 Å². The van der Waals surface area contributed by atoms with Crippen LogP contribution in [0.4, 0.5) is 23.0 Å². The number of ether oxygens (including phenoxy) is 2. The minimum absolute atomic E-state index is 0.305. The SMILES string of the molecule is C=CC(=O)Nc1cc(Nc2nccc(-n3cc(CN4CCC4)c(-c4ccc(C)cc4)n3)n2)c(OC)cc1N1CCOCC1. The van der Waals surface area contributed by atoms with Crippen LogP contribution in [-0.4, -0.2) is 77.1 Å². The van der Waals surface area contributed by atoms with E-state index in [9.17, 15) is 4.79 Å². The molecule has 2 aromatic heterocycles. The molecule has 0 bridgehead atoms. The zero-order valence-electron chi connectivity index (χ0n) is 24.5. The van der Waals surface area contributed by atoms with Crippen molar-refractivity contribution in [1.82, 2.24) is 24.6 Å². The second-order valence-electron chi connectivity index (χ2n) is 10.7. The molecule has 4 aromatic rings. The number of benzene rings is 2. The number of methoxy groups -OCH3 is 1. The fraction of sp³-hybridized carbons (Fsp3) is 0.312. The van der Waals surface area contributed by atoms with Crippen molar-refractivity contribution in [2.24, 2.45) is 0 Å². The third-order valence-electron chi connectivity index (χ3n) is 7.69. The maximum absolute atomic E-state index is 12.3. The van der Waals surface area contributed by atoms with Crippen LogP contribution in [0.25, 0.3) is 17.1 Å². The number of amides is 1. The van der Waals surface area contributed by atoms with Gasteiger partial charge in [0.05, 0.1) is 43.1 Å². The standard InChI is InChI=1S/C32H36N8O3/c1-4-30(41)34-25-18-26(28(42-3)19-27(25)39-14-16-43-17-15-39)35-32-33-11-10-29(36-32)40-21-24(20-38-12-5-13-38)31(37-40)23-8-6-22(2)7-9-23/h4,6-11,18-19,21H,1,5,12-17,20H2,2-3H3,(H,34,41)(H,33,35,36). The third-order valence-corrected chi connectivity index (χ3v) is 7.69. The molecule has 0 saturated carbocycles. The highest BCUT2D eigenvalue weighted by Crippen LogP contribution is 2.38. The smallest absolute Gasteiger partial charge is 0.247 e. The van der Waals surface area contributed by atoms with E-state index in [-0.39, 0.29) is 5.91 Å². The van der Waals surface area contributed by atoms with Crippen LogP contribution >= 0.6 is 0 Å². The van der Waals surface area contributed by atoms with Crippen LogP contribution in [0.15, 0.2) is 67.5 Å². The van der Waals surface area contributed by atoms with Gasteiger partial charge in [-0.3, -0.25) is 9.69 Å². The lowest BCUT2D eigenvalue weighted by atomic mass is 10.1. The van der Waals surface area contributed by atoms with Crippen LogP contribution in [0.3, 0.4) is 0 Å². The number of hydrogen-bond acceptors (Lipinski definition) is 9. The zero-order chi connectivity index (χ0) is 29.8. The van der Waals surface area contributed by atoms with Crippen molar-refractivity contribution in [2.75, 3.05) is 62.0 Å². The molecule has 6 rings (SSSR count). The summed E-state index contributed by atoms with van der Waals surface area (Å²) in [6.45, 7) is 11.3. The Labute approximate surface area is 251 Å². The number of hydrogen-bond donors (Lipinski definition) is 2. The lowest BCUT2D eigenvalue weighted by molar-refractivity contribution is -0.111. The highest BCUT2D eigenvalue weighted by atomic mass is 16.5. The van der Waals surface area contributed by atoms with E-state index in [0.717, 1.165) is 42.1 Å². The van der Waals surface area contributed by atoms with Crippen LogP contribution in [0.5, 0.6) is 5.75 Å². The number of aryl methyl sites for hydroxylation is 1. The van der Waals surface area contributed by atoms with E-state index < -0.39 is 0 Å². The minimum atomic E-state index is -0.305. The van der Waals surface area contributed by atoms with E-state index in [1.807, 2.05) is 22.9 Å². The van der Waals surface area contributed by atoms with Crippen LogP contribution in [0.2, 0.25) is 0 Å². The molecule has 43 heavy (non-hydrogen) atoms. The fourth-order valence-corrected chi connectivity index (χ4v) is 5.22. The molecule has 11 nitrogen and oxygen atoms in total. The molecule has 2 saturated heterocycles. The van der Waals surface area contributed by atoms with Gasteiger partial charge in [0.15, 0.2) is 5.82 Å². The monoisotopic (exact) mass is 580 g/mol. The Morgan fingerprint density at radius 3 is 2.58 bits per heavy atom. The highest BCUT2D eigenvalue weighted by Gasteiger charge is 2.22. The average molecular weight is 581 g/mol. The Morgan fingerprint density at radius 2 is 1.88 bits per heavy atom. The van der Waals surface area contributed by atoms with Crippen LogP contribution in [0.1, 0.15) is 17.5 Å². The number of likely N-dealkylation sites (tertiary alicyclic amines) is 1. The molecule has 1 amide bonds. The topological polar surface area (TPSA) is 110 Å². The van der Waals surface area contributed by atoms with Crippen LogP contribution in [-0.2, 0) is 16.1 Å². The van der Waals surface area contributed by atoms with Crippen molar-refractivity contribution in [3.05, 3.63) is 78.6 Å². The molecule has 2 aliphatic heterocycles. The summed E-state index contributed by atoms with van der Waals surface area (Å²) in [5.41, 5.74) is 6.45. The van der Waals surface area contributed by atoms with Crippen LogP contribution in [0, 0.1) is 6.92 Å². The lowest BCUT2D eigenvalue weighted by Crippen LogP contribution is -2.36. The predicted octanol–water partition coefficient (Wildman–Crippen LogP) is 4.56. The van der Waals surface area contributed by atoms with Gasteiger partial charge in [-0.2, -0.15) is 10.1 Å². The Kier molecular flexibility index (Phi) is 8.34. The van der Waals surface area contributed by atoms with Gasteiger partial charge >= 0.3 is 0 Å². The molecule has 0 spiro atoms. The van der Waals surface area contributed by atoms with Crippen molar-refractivity contribution < 1.29 is 14.3 Å². The Balaban J connectivity index is 1.32. The van der Waals surface area contributed by atoms with Gasteiger partial charge in [0.2, 0.25) is 11.9 Å². The number of nitrogens with zero attached hydrogens (tertiary/aromatic N) is 6. The molecule has 0 aliphatic carbocycles. The largest absolute Gasteiger partial charge is 0.494 e. The van der Waals surface area contributed by atoms with E-state index in [1.54, 1.807) is 13.3 Å². The molecule has 2 N–H and O–H groups in total. The number of aromatic nitrogens is 4. The van der Waals surface area contributed by atoms with Gasteiger partial charge in [0.25, 0.3) is 0 Å². The summed E-state index contributed by atoms with van der Waals surface area (Å²) in [4.78, 5) is 26.1. The number of morpholine rings is 1. The third kappa shape index (κ3) is 6.37. The highest BCUT2D eigenvalue weighted by molar-refractivity contribution is 6.02. The van der Waals surface area contributed by atoms with Gasteiger partial charge in [0.1, 0.15) is 5.75 Å². The number of nitrogens with one attached hydrogen (secondary N) is 2. The molecule has 11 heteroatoms. The molecular weight excluding hydrogens is 544 g/mol. The molecular formula is C32H36N8O3. The second-order valence-corrected chi connectivity index (χ2v) is 10.7. The number of anilines is 4. The summed E-state index contributed by atoms with van der Waals surface area (Å²) in [7, 11) is 1.61. The summed E-state index contributed by atoms with van der Waals surface area (Å²) in [5, 5.41) is 11.2. The molecule has 0 radical (unpaired) electrons. The zero-order valence-corrected chi connectivity index (χ0v) is 24.5. The second kappa shape index (κ2) is 12.6. The minimum Gasteiger partial charge on any atom is -0.494 e. The first-order valence-corrected chi connectivity index (χ1v) is 14.5. The lowest BCUT2D eigenvalue weighted by Gasteiger charge is -2.31. The van der Waals surface area contributed by atoms with Crippen molar-refractivity contribution in [3.63, 3.8) is 0 Å². The number of carbonyl (C=O) groups excluding carboxylic acids is 1. The van der Waals surface area contributed by atoms with Crippen molar-refractivity contribution >= 4 is 28.9 Å². The Hall–Kier alpha value is -4.74. The predicted molar refractivity (Wildman–Crippen MR) is 167 cm³/mol. The van der Waals surface area contributed by atoms with Crippen molar-refractivity contribution in [2.45, 2.75) is 19.9 Å². The maximum atomic E-state index is 12.3. The van der Waals surface area contributed by atoms with Gasteiger partial charge < -0.3 is 25.0 Å². The Morgan fingerprint density at radius 1 is 1.09 bits per heavy atom. The molecule has 2 aromatic carbocycles. The van der Waals surface area contributed by atoms with Gasteiger partial charge in [-0.25, -0.2) is 9.67 Å². The molecule has 222 valence electrons. The van der Waals surface area contributed by atoms with Crippen molar-refractivity contribution in [3.8, 4) is 22.8 Å². The molecule has 0 unspecified atom stereocenters. The normalized spacial score (nSPS) is 15.1. The van der Waals surface area contributed by atoms with Crippen molar-refractivity contribution in [1.29, 1.82) is 0 Å². The van der Waals surface area contributed by atoms with E-state index in [0.29, 0.717) is 55.2 Å². The van der Waals surface area contributed by atoms with E-state index in [2.05, 4.69) is 69.4 Å². The first kappa shape index (κ1) is 28.4. The number of carbonyl (C=O) groups is 1. The molecule has 4 heterocycles. The van der Waals surface area contributed by atoms with E-state index in [4.69, 9.17) is 19.6 Å². The average Bonchev–Trinajstić information content (AvgIpc) is 3.44. The summed E-state index contributed by atoms with van der Waals surface area (Å²) in [6.07, 6.45) is 6.23. The quantitative estimate of drug-likeness (QED) is 0.261. The van der Waals surface area contributed by atoms with Gasteiger partial charge in [-0.05, 0) is 38.6 Å². The first-order valence-electron chi connectivity index (χ1n) is 14.5. The van der Waals surface area contributed by atoms with E-state index in [1.165, 1.54) is 18.1 Å². The summed E-state index contributed by atoms with van der Waals surface area (Å²) in [5.74, 6) is 1.28. The number of rotatable bonds is 10. The van der Waals surface area contributed by atoms with E-state index >= 15 is 0 Å². The first-order chi connectivity index (χ1) is 21.0. The summed E-state index contributed by atoms with van der Waals surface area (Å²) in [6, 6.07) is 14.0. The van der Waals surface area contributed by atoms with Gasteiger partial charge in [-0.1, -0.05) is 36.4 Å². The summed E-state index contributed by atoms with van der Waals surface area (Å²) >= 11 is 0. The Bertz CT molecular complexity index is 1610. The maximum Gasteiger partial charge on any atom is 0.247 e. The van der Waals surface area contributed by atoms with Gasteiger partial charge in [-0.15, -0.1) is 0 Å². The molecule has 0 atom stereocenters. The molecule has 2 fully saturated rings. The molecule has 2 aliphatic rings.